The number of rotatable bonds is 4. The fourth-order valence-corrected chi connectivity index (χ4v) is 1.89. The van der Waals surface area contributed by atoms with Gasteiger partial charge in [-0.1, -0.05) is 30.3 Å². The molecule has 1 aromatic rings. The van der Waals surface area contributed by atoms with E-state index in [9.17, 15) is 4.79 Å². The lowest BCUT2D eigenvalue weighted by atomic mass is 9.89. The van der Waals surface area contributed by atoms with Crippen LogP contribution in [0.2, 0.25) is 0 Å². The molecule has 0 aliphatic carbocycles. The SMILES string of the molecule is CC1(C(=O)NOCc2ccccc2)CCNC1. The fraction of sp³-hybridized carbons (Fsp3) is 0.462. The fourth-order valence-electron chi connectivity index (χ4n) is 1.89. The molecule has 1 saturated heterocycles. The third kappa shape index (κ3) is 3.05. The van der Waals surface area contributed by atoms with Crippen molar-refractivity contribution in [1.82, 2.24) is 10.8 Å². The number of carbonyl (C=O) groups excluding carboxylic acids is 1. The van der Waals surface area contributed by atoms with Crippen LogP contribution in [0.1, 0.15) is 18.9 Å². The van der Waals surface area contributed by atoms with Crippen LogP contribution >= 0.6 is 0 Å². The van der Waals surface area contributed by atoms with Gasteiger partial charge in [-0.25, -0.2) is 5.48 Å². The molecular formula is C13H18N2O2. The summed E-state index contributed by atoms with van der Waals surface area (Å²) in [5, 5.41) is 3.19. The maximum Gasteiger partial charge on any atom is 0.250 e. The summed E-state index contributed by atoms with van der Waals surface area (Å²) in [5.74, 6) is -0.0431. The monoisotopic (exact) mass is 234 g/mol. The summed E-state index contributed by atoms with van der Waals surface area (Å²) in [6.45, 7) is 3.96. The molecule has 1 aliphatic heterocycles. The highest BCUT2D eigenvalue weighted by molar-refractivity contribution is 5.81. The predicted molar refractivity (Wildman–Crippen MR) is 65.0 cm³/mol. The van der Waals surface area contributed by atoms with Gasteiger partial charge in [-0.15, -0.1) is 0 Å². The van der Waals surface area contributed by atoms with Crippen LogP contribution in [0.5, 0.6) is 0 Å². The van der Waals surface area contributed by atoms with Gasteiger partial charge in [0.25, 0.3) is 5.91 Å². The summed E-state index contributed by atoms with van der Waals surface area (Å²) in [6, 6.07) is 9.77. The van der Waals surface area contributed by atoms with Crippen LogP contribution in [0, 0.1) is 5.41 Å². The zero-order chi connectivity index (χ0) is 12.1. The van der Waals surface area contributed by atoms with E-state index in [1.165, 1.54) is 0 Å². The van der Waals surface area contributed by atoms with Gasteiger partial charge >= 0.3 is 0 Å². The molecule has 1 atom stereocenters. The minimum Gasteiger partial charge on any atom is -0.316 e. The standard InChI is InChI=1S/C13H18N2O2/c1-13(7-8-14-10-13)12(16)15-17-9-11-5-3-2-4-6-11/h2-6,14H,7-10H2,1H3,(H,15,16). The van der Waals surface area contributed by atoms with Crippen molar-refractivity contribution in [1.29, 1.82) is 0 Å². The van der Waals surface area contributed by atoms with Crippen LogP contribution in [0.4, 0.5) is 0 Å². The van der Waals surface area contributed by atoms with Crippen molar-refractivity contribution in [3.05, 3.63) is 35.9 Å². The predicted octanol–water partition coefficient (Wildman–Crippen LogP) is 1.23. The maximum atomic E-state index is 11.9. The molecule has 0 spiro atoms. The summed E-state index contributed by atoms with van der Waals surface area (Å²) in [6.07, 6.45) is 0.855. The lowest BCUT2D eigenvalue weighted by Gasteiger charge is -2.20. The van der Waals surface area contributed by atoms with E-state index in [1.807, 2.05) is 37.3 Å². The van der Waals surface area contributed by atoms with Gasteiger partial charge in [-0.2, -0.15) is 0 Å². The first-order valence-electron chi connectivity index (χ1n) is 5.88. The molecule has 0 saturated carbocycles. The van der Waals surface area contributed by atoms with Gasteiger partial charge in [0.15, 0.2) is 0 Å². The molecule has 17 heavy (non-hydrogen) atoms. The maximum absolute atomic E-state index is 11.9. The zero-order valence-corrected chi connectivity index (χ0v) is 10.0. The molecule has 2 N–H and O–H groups in total. The van der Waals surface area contributed by atoms with Crippen LogP contribution in [0.15, 0.2) is 30.3 Å². The first kappa shape index (κ1) is 12.1. The molecule has 92 valence electrons. The van der Waals surface area contributed by atoms with Gasteiger partial charge in [-0.3, -0.25) is 9.63 Å². The Balaban J connectivity index is 1.77. The highest BCUT2D eigenvalue weighted by Crippen LogP contribution is 2.24. The van der Waals surface area contributed by atoms with Gasteiger partial charge < -0.3 is 5.32 Å². The Morgan fingerprint density at radius 3 is 2.88 bits per heavy atom. The second-order valence-corrected chi connectivity index (χ2v) is 4.69. The van der Waals surface area contributed by atoms with Gasteiger partial charge in [0.2, 0.25) is 0 Å². The molecular weight excluding hydrogens is 216 g/mol. The summed E-state index contributed by atoms with van der Waals surface area (Å²) in [5.41, 5.74) is 3.24. The van der Waals surface area contributed by atoms with Gasteiger partial charge in [0.1, 0.15) is 0 Å². The number of carbonyl (C=O) groups is 1. The molecule has 1 fully saturated rings. The average molecular weight is 234 g/mol. The minimum absolute atomic E-state index is 0.0431. The van der Waals surface area contributed by atoms with Crippen molar-refractivity contribution in [2.75, 3.05) is 13.1 Å². The number of benzene rings is 1. The van der Waals surface area contributed by atoms with Crippen LogP contribution < -0.4 is 10.8 Å². The van der Waals surface area contributed by atoms with Gasteiger partial charge in [0.05, 0.1) is 12.0 Å². The Morgan fingerprint density at radius 2 is 2.24 bits per heavy atom. The second kappa shape index (κ2) is 5.29. The van der Waals surface area contributed by atoms with E-state index in [4.69, 9.17) is 4.84 Å². The number of hydrogen-bond acceptors (Lipinski definition) is 3. The Labute approximate surface area is 101 Å². The molecule has 4 heteroatoms. The lowest BCUT2D eigenvalue weighted by Crippen LogP contribution is -2.40. The summed E-state index contributed by atoms with van der Waals surface area (Å²) in [4.78, 5) is 17.1. The van der Waals surface area contributed by atoms with Crippen molar-refractivity contribution in [2.45, 2.75) is 20.0 Å². The highest BCUT2D eigenvalue weighted by atomic mass is 16.6. The molecule has 1 aromatic carbocycles. The average Bonchev–Trinajstić information content (AvgIpc) is 2.79. The van der Waals surface area contributed by atoms with Crippen molar-refractivity contribution >= 4 is 5.91 Å². The summed E-state index contributed by atoms with van der Waals surface area (Å²) >= 11 is 0. The molecule has 4 nitrogen and oxygen atoms in total. The van der Waals surface area contributed by atoms with Gasteiger partial charge in [-0.05, 0) is 25.5 Å². The second-order valence-electron chi connectivity index (χ2n) is 4.69. The van der Waals surface area contributed by atoms with Crippen molar-refractivity contribution in [3.63, 3.8) is 0 Å². The Morgan fingerprint density at radius 1 is 1.47 bits per heavy atom. The number of nitrogens with one attached hydrogen (secondary N) is 2. The number of hydroxylamine groups is 1. The first-order chi connectivity index (χ1) is 8.21. The molecule has 0 bridgehead atoms. The smallest absolute Gasteiger partial charge is 0.250 e. The lowest BCUT2D eigenvalue weighted by molar-refractivity contribution is -0.143. The topological polar surface area (TPSA) is 50.4 Å². The largest absolute Gasteiger partial charge is 0.316 e. The normalized spacial score (nSPS) is 23.6. The third-order valence-corrected chi connectivity index (χ3v) is 3.16. The molecule has 0 aromatic heterocycles. The van der Waals surface area contributed by atoms with E-state index >= 15 is 0 Å². The van der Waals surface area contributed by atoms with E-state index in [1.54, 1.807) is 0 Å². The van der Waals surface area contributed by atoms with Gasteiger partial charge in [0, 0.05) is 6.54 Å². The molecule has 0 radical (unpaired) electrons. The van der Waals surface area contributed by atoms with E-state index < -0.39 is 0 Å². The van der Waals surface area contributed by atoms with E-state index in [0.717, 1.165) is 18.5 Å². The minimum atomic E-state index is -0.337. The van der Waals surface area contributed by atoms with E-state index in [0.29, 0.717) is 13.2 Å². The Bertz CT molecular complexity index is 372. The molecule has 2 rings (SSSR count). The molecule has 1 aliphatic rings. The van der Waals surface area contributed by atoms with Crippen LogP contribution in [0.3, 0.4) is 0 Å². The van der Waals surface area contributed by atoms with Crippen LogP contribution in [-0.4, -0.2) is 19.0 Å². The summed E-state index contributed by atoms with van der Waals surface area (Å²) < 4.78 is 0. The Kier molecular flexibility index (Phi) is 3.76. The summed E-state index contributed by atoms with van der Waals surface area (Å²) in [7, 11) is 0. The van der Waals surface area contributed by atoms with E-state index in [2.05, 4.69) is 10.8 Å². The number of hydrogen-bond donors (Lipinski definition) is 2. The Hall–Kier alpha value is -1.39. The van der Waals surface area contributed by atoms with Crippen molar-refractivity contribution in [3.8, 4) is 0 Å². The molecule has 1 heterocycles. The molecule has 1 amide bonds. The van der Waals surface area contributed by atoms with E-state index in [-0.39, 0.29) is 11.3 Å². The number of amides is 1. The zero-order valence-electron chi connectivity index (χ0n) is 10.0. The van der Waals surface area contributed by atoms with Crippen LogP contribution in [0.25, 0.3) is 0 Å². The third-order valence-electron chi connectivity index (χ3n) is 3.16. The van der Waals surface area contributed by atoms with Crippen molar-refractivity contribution < 1.29 is 9.63 Å². The quantitative estimate of drug-likeness (QED) is 0.770. The van der Waals surface area contributed by atoms with Crippen LogP contribution in [-0.2, 0) is 16.2 Å². The van der Waals surface area contributed by atoms with Crippen molar-refractivity contribution in [2.24, 2.45) is 5.41 Å². The highest BCUT2D eigenvalue weighted by Gasteiger charge is 2.36. The first-order valence-corrected chi connectivity index (χ1v) is 5.88. The molecule has 1 unspecified atom stereocenters.